The van der Waals surface area contributed by atoms with Gasteiger partial charge in [0.15, 0.2) is 0 Å². The second-order valence-corrected chi connectivity index (χ2v) is 5.64. The molecule has 8 nitrogen and oxygen atoms in total. The number of nitrogens with zero attached hydrogens (tertiary/aromatic N) is 4. The smallest absolute Gasteiger partial charge is 0.243 e. The summed E-state index contributed by atoms with van der Waals surface area (Å²) in [6.45, 7) is 5.05. The van der Waals surface area contributed by atoms with E-state index in [-0.39, 0.29) is 0 Å². The van der Waals surface area contributed by atoms with Crippen molar-refractivity contribution in [3.63, 3.8) is 0 Å². The average molecular weight is 313 g/mol. The SMILES string of the molecule is CCC(CSC)Nc1nc(NN)nc(N2CCOCC2)n1. The molecule has 1 fully saturated rings. The molecule has 2 rings (SSSR count). The zero-order valence-corrected chi connectivity index (χ0v) is 13.3. The Morgan fingerprint density at radius 1 is 1.29 bits per heavy atom. The van der Waals surface area contributed by atoms with Gasteiger partial charge in [-0.15, -0.1) is 0 Å². The summed E-state index contributed by atoms with van der Waals surface area (Å²) in [6, 6.07) is 0.325. The molecule has 2 heterocycles. The molecule has 9 heteroatoms. The molecule has 0 radical (unpaired) electrons. The van der Waals surface area contributed by atoms with Gasteiger partial charge in [-0.25, -0.2) is 5.84 Å². The van der Waals surface area contributed by atoms with Crippen LogP contribution in [0.4, 0.5) is 17.8 Å². The number of ether oxygens (including phenoxy) is 1. The largest absolute Gasteiger partial charge is 0.378 e. The minimum atomic E-state index is 0.325. The summed E-state index contributed by atoms with van der Waals surface area (Å²) >= 11 is 1.79. The topological polar surface area (TPSA) is 101 Å². The van der Waals surface area contributed by atoms with Gasteiger partial charge in [-0.3, -0.25) is 5.43 Å². The van der Waals surface area contributed by atoms with Crippen molar-refractivity contribution in [3.05, 3.63) is 0 Å². The van der Waals surface area contributed by atoms with E-state index in [9.17, 15) is 0 Å². The third-order valence-corrected chi connectivity index (χ3v) is 3.98. The molecule has 1 aromatic heterocycles. The molecular weight excluding hydrogens is 290 g/mol. The van der Waals surface area contributed by atoms with Crippen molar-refractivity contribution < 1.29 is 4.74 Å². The summed E-state index contributed by atoms with van der Waals surface area (Å²) in [5.41, 5.74) is 2.50. The Morgan fingerprint density at radius 2 is 2.00 bits per heavy atom. The second-order valence-electron chi connectivity index (χ2n) is 4.73. The van der Waals surface area contributed by atoms with Crippen LogP contribution in [0.5, 0.6) is 0 Å². The third-order valence-electron chi connectivity index (χ3n) is 3.24. The van der Waals surface area contributed by atoms with Crippen LogP contribution in [0, 0.1) is 0 Å². The lowest BCUT2D eigenvalue weighted by Gasteiger charge is -2.27. The van der Waals surface area contributed by atoms with Gasteiger partial charge in [0.1, 0.15) is 0 Å². The van der Waals surface area contributed by atoms with Gasteiger partial charge in [-0.1, -0.05) is 6.92 Å². The van der Waals surface area contributed by atoms with E-state index in [1.807, 2.05) is 0 Å². The number of nitrogens with one attached hydrogen (secondary N) is 2. The summed E-state index contributed by atoms with van der Waals surface area (Å²) in [4.78, 5) is 15.2. The molecule has 4 N–H and O–H groups in total. The number of nitrogen functional groups attached to an aromatic ring is 1. The molecule has 0 saturated carbocycles. The Balaban J connectivity index is 2.16. The molecule has 0 amide bonds. The van der Waals surface area contributed by atoms with Crippen LogP contribution in [0.1, 0.15) is 13.3 Å². The fraction of sp³-hybridized carbons (Fsp3) is 0.750. The van der Waals surface area contributed by atoms with Crippen LogP contribution in [0.15, 0.2) is 0 Å². The quantitative estimate of drug-likeness (QED) is 0.492. The lowest BCUT2D eigenvalue weighted by Crippen LogP contribution is -2.38. The highest BCUT2D eigenvalue weighted by molar-refractivity contribution is 7.98. The number of hydrogen-bond donors (Lipinski definition) is 3. The summed E-state index contributed by atoms with van der Waals surface area (Å²) in [7, 11) is 0. The maximum absolute atomic E-state index is 5.46. The van der Waals surface area contributed by atoms with Crippen molar-refractivity contribution in [2.45, 2.75) is 19.4 Å². The highest BCUT2D eigenvalue weighted by Crippen LogP contribution is 2.16. The first-order chi connectivity index (χ1) is 10.3. The van der Waals surface area contributed by atoms with E-state index in [1.54, 1.807) is 11.8 Å². The Labute approximate surface area is 129 Å². The highest BCUT2D eigenvalue weighted by atomic mass is 32.2. The number of hydrogen-bond acceptors (Lipinski definition) is 9. The van der Waals surface area contributed by atoms with Crippen LogP contribution in [-0.4, -0.2) is 59.3 Å². The van der Waals surface area contributed by atoms with Crippen molar-refractivity contribution in [1.29, 1.82) is 0 Å². The molecule has 1 atom stereocenters. The number of rotatable bonds is 7. The zero-order chi connectivity index (χ0) is 15.1. The van der Waals surface area contributed by atoms with E-state index >= 15 is 0 Å². The second kappa shape index (κ2) is 8.20. The summed E-state index contributed by atoms with van der Waals surface area (Å²) in [5.74, 6) is 8.01. The Bertz CT molecular complexity index is 442. The van der Waals surface area contributed by atoms with Crippen LogP contribution in [0.2, 0.25) is 0 Å². The van der Waals surface area contributed by atoms with Crippen molar-refractivity contribution in [2.75, 3.05) is 54.0 Å². The van der Waals surface area contributed by atoms with E-state index in [0.29, 0.717) is 37.1 Å². The molecule has 0 aliphatic carbocycles. The van der Waals surface area contributed by atoms with E-state index in [2.05, 4.69) is 43.8 Å². The third kappa shape index (κ3) is 4.58. The molecule has 1 aliphatic rings. The fourth-order valence-corrected chi connectivity index (χ4v) is 2.77. The van der Waals surface area contributed by atoms with Crippen molar-refractivity contribution in [1.82, 2.24) is 15.0 Å². The van der Waals surface area contributed by atoms with Gasteiger partial charge in [0, 0.05) is 24.9 Å². The number of hydrazine groups is 1. The van der Waals surface area contributed by atoms with E-state index in [0.717, 1.165) is 25.3 Å². The van der Waals surface area contributed by atoms with E-state index in [4.69, 9.17) is 10.6 Å². The summed E-state index contributed by atoms with van der Waals surface area (Å²) < 4.78 is 5.35. The maximum atomic E-state index is 5.46. The summed E-state index contributed by atoms with van der Waals surface area (Å²) in [5, 5.41) is 3.35. The van der Waals surface area contributed by atoms with Crippen molar-refractivity contribution in [3.8, 4) is 0 Å². The van der Waals surface area contributed by atoms with Gasteiger partial charge in [0.25, 0.3) is 0 Å². The van der Waals surface area contributed by atoms with Crippen molar-refractivity contribution >= 4 is 29.6 Å². The van der Waals surface area contributed by atoms with Gasteiger partial charge in [-0.2, -0.15) is 26.7 Å². The fourth-order valence-electron chi connectivity index (χ4n) is 2.04. The monoisotopic (exact) mass is 313 g/mol. The standard InChI is InChI=1S/C12H23N7OS/c1-3-9(8-21-2)14-10-15-11(18-13)17-12(16-10)19-4-6-20-7-5-19/h9H,3-8,13H2,1-2H3,(H2,14,15,16,17,18). The molecule has 1 aliphatic heterocycles. The zero-order valence-electron chi connectivity index (χ0n) is 12.5. The number of thioether (sulfide) groups is 1. The van der Waals surface area contributed by atoms with Crippen LogP contribution >= 0.6 is 11.8 Å². The predicted molar refractivity (Wildman–Crippen MR) is 86.8 cm³/mol. The van der Waals surface area contributed by atoms with Gasteiger partial charge in [-0.05, 0) is 12.7 Å². The van der Waals surface area contributed by atoms with Crippen LogP contribution in [-0.2, 0) is 4.74 Å². The molecule has 1 aromatic rings. The molecule has 118 valence electrons. The van der Waals surface area contributed by atoms with Gasteiger partial charge in [0.05, 0.1) is 13.2 Å². The predicted octanol–water partition coefficient (Wildman–Crippen LogP) is 0.547. The van der Waals surface area contributed by atoms with E-state index in [1.165, 1.54) is 0 Å². The Kier molecular flexibility index (Phi) is 6.27. The van der Waals surface area contributed by atoms with Crippen LogP contribution < -0.4 is 21.5 Å². The first-order valence-corrected chi connectivity index (χ1v) is 8.47. The lowest BCUT2D eigenvalue weighted by molar-refractivity contribution is 0.122. The molecule has 1 saturated heterocycles. The Hall–Kier alpha value is -1.32. The average Bonchev–Trinajstić information content (AvgIpc) is 2.55. The van der Waals surface area contributed by atoms with Gasteiger partial charge < -0.3 is 15.0 Å². The van der Waals surface area contributed by atoms with Gasteiger partial charge in [0.2, 0.25) is 17.8 Å². The van der Waals surface area contributed by atoms with E-state index < -0.39 is 0 Å². The minimum absolute atomic E-state index is 0.325. The molecule has 0 spiro atoms. The molecular formula is C12H23N7OS. The molecule has 0 aromatic carbocycles. The number of nitrogens with two attached hydrogens (primary N) is 1. The lowest BCUT2D eigenvalue weighted by atomic mass is 10.3. The highest BCUT2D eigenvalue weighted by Gasteiger charge is 2.17. The van der Waals surface area contributed by atoms with Crippen molar-refractivity contribution in [2.24, 2.45) is 5.84 Å². The molecule has 1 unspecified atom stereocenters. The number of anilines is 3. The number of aromatic nitrogens is 3. The number of morpholine rings is 1. The first-order valence-electron chi connectivity index (χ1n) is 7.07. The minimum Gasteiger partial charge on any atom is -0.378 e. The maximum Gasteiger partial charge on any atom is 0.243 e. The molecule has 21 heavy (non-hydrogen) atoms. The normalized spacial score (nSPS) is 16.6. The Morgan fingerprint density at radius 3 is 2.62 bits per heavy atom. The first kappa shape index (κ1) is 16.1. The van der Waals surface area contributed by atoms with Gasteiger partial charge >= 0.3 is 0 Å². The molecule has 0 bridgehead atoms. The summed E-state index contributed by atoms with van der Waals surface area (Å²) in [6.07, 6.45) is 3.09. The van der Waals surface area contributed by atoms with Crippen LogP contribution in [0.25, 0.3) is 0 Å². The van der Waals surface area contributed by atoms with Crippen LogP contribution in [0.3, 0.4) is 0 Å².